The summed E-state index contributed by atoms with van der Waals surface area (Å²) in [4.78, 5) is 17.9. The van der Waals surface area contributed by atoms with Gasteiger partial charge in [-0.1, -0.05) is 29.3 Å². The highest BCUT2D eigenvalue weighted by atomic mass is 35.5. The van der Waals surface area contributed by atoms with Gasteiger partial charge in [0.1, 0.15) is 5.37 Å². The van der Waals surface area contributed by atoms with Crippen LogP contribution < -0.4 is 4.90 Å². The van der Waals surface area contributed by atoms with Crippen LogP contribution in [0.3, 0.4) is 0 Å². The normalized spacial score (nSPS) is 19.2. The van der Waals surface area contributed by atoms with Crippen molar-refractivity contribution >= 4 is 57.3 Å². The van der Waals surface area contributed by atoms with Crippen LogP contribution in [-0.4, -0.2) is 16.6 Å². The Morgan fingerprint density at radius 1 is 1.37 bits per heavy atom. The van der Waals surface area contributed by atoms with E-state index in [0.29, 0.717) is 20.9 Å². The molecule has 1 fully saturated rings. The zero-order valence-electron chi connectivity index (χ0n) is 9.55. The van der Waals surface area contributed by atoms with Crippen LogP contribution in [0, 0.1) is 0 Å². The Bertz CT molecular complexity index is 618. The fraction of sp³-hybridized carbons (Fsp3) is 0.167. The van der Waals surface area contributed by atoms with E-state index in [1.54, 1.807) is 35.0 Å². The molecule has 0 aliphatic carbocycles. The molecule has 0 spiro atoms. The zero-order valence-corrected chi connectivity index (χ0v) is 12.7. The number of rotatable bonds is 2. The summed E-state index contributed by atoms with van der Waals surface area (Å²) in [7, 11) is 0. The van der Waals surface area contributed by atoms with Crippen LogP contribution in [0.4, 0.5) is 5.13 Å². The van der Waals surface area contributed by atoms with Gasteiger partial charge in [0.2, 0.25) is 5.91 Å². The first-order chi connectivity index (χ1) is 9.16. The lowest BCUT2D eigenvalue weighted by Crippen LogP contribution is -2.27. The molecule has 2 heterocycles. The average Bonchev–Trinajstić information content (AvgIpc) is 2.98. The summed E-state index contributed by atoms with van der Waals surface area (Å²) in [6.45, 7) is 0. The number of nitrogens with zero attached hydrogens (tertiary/aromatic N) is 2. The van der Waals surface area contributed by atoms with Crippen LogP contribution in [0.25, 0.3) is 0 Å². The fourth-order valence-electron chi connectivity index (χ4n) is 1.90. The Kier molecular flexibility index (Phi) is 3.71. The summed E-state index contributed by atoms with van der Waals surface area (Å²) >= 11 is 15.1. The Morgan fingerprint density at radius 2 is 2.21 bits per heavy atom. The molecule has 1 aromatic heterocycles. The maximum Gasteiger partial charge on any atom is 0.240 e. The molecule has 1 aliphatic rings. The molecular formula is C12H8Cl2N2OS2. The molecule has 3 rings (SSSR count). The van der Waals surface area contributed by atoms with Crippen molar-refractivity contribution in [1.29, 1.82) is 0 Å². The van der Waals surface area contributed by atoms with Crippen molar-refractivity contribution in [1.82, 2.24) is 4.98 Å². The van der Waals surface area contributed by atoms with Gasteiger partial charge < -0.3 is 0 Å². The third kappa shape index (κ3) is 2.48. The first-order valence-corrected chi connectivity index (χ1v) is 8.13. The van der Waals surface area contributed by atoms with Crippen molar-refractivity contribution in [2.75, 3.05) is 10.7 Å². The number of carbonyl (C=O) groups is 1. The third-order valence-electron chi connectivity index (χ3n) is 2.72. The molecule has 0 bridgehead atoms. The molecule has 1 aromatic carbocycles. The van der Waals surface area contributed by atoms with Crippen molar-refractivity contribution in [2.45, 2.75) is 5.37 Å². The summed E-state index contributed by atoms with van der Waals surface area (Å²) < 4.78 is 0. The molecule has 0 radical (unpaired) electrons. The molecular weight excluding hydrogens is 323 g/mol. The van der Waals surface area contributed by atoms with E-state index in [1.807, 2.05) is 11.4 Å². The van der Waals surface area contributed by atoms with Crippen molar-refractivity contribution in [3.63, 3.8) is 0 Å². The van der Waals surface area contributed by atoms with Crippen molar-refractivity contribution in [2.24, 2.45) is 0 Å². The van der Waals surface area contributed by atoms with Crippen LogP contribution in [0.2, 0.25) is 10.0 Å². The van der Waals surface area contributed by atoms with Crippen LogP contribution in [0.15, 0.2) is 29.8 Å². The zero-order chi connectivity index (χ0) is 13.4. The molecule has 1 unspecified atom stereocenters. The van der Waals surface area contributed by atoms with Crippen LogP contribution in [0.5, 0.6) is 0 Å². The minimum Gasteiger partial charge on any atom is -0.273 e. The summed E-state index contributed by atoms with van der Waals surface area (Å²) in [5.41, 5.74) is 0.886. The smallest absolute Gasteiger partial charge is 0.240 e. The molecule has 19 heavy (non-hydrogen) atoms. The number of hydrogen-bond donors (Lipinski definition) is 0. The molecule has 7 heteroatoms. The molecule has 1 atom stereocenters. The summed E-state index contributed by atoms with van der Waals surface area (Å²) in [5.74, 6) is 0.486. The second kappa shape index (κ2) is 5.32. The number of aromatic nitrogens is 1. The monoisotopic (exact) mass is 330 g/mol. The average molecular weight is 331 g/mol. The number of thioether (sulfide) groups is 1. The lowest BCUT2D eigenvalue weighted by Gasteiger charge is -2.22. The molecule has 1 amide bonds. The first-order valence-electron chi connectivity index (χ1n) is 5.45. The maximum absolute atomic E-state index is 12.0. The Morgan fingerprint density at radius 3 is 2.89 bits per heavy atom. The molecule has 1 saturated heterocycles. The van der Waals surface area contributed by atoms with Gasteiger partial charge in [0.15, 0.2) is 5.13 Å². The van der Waals surface area contributed by atoms with Gasteiger partial charge in [0, 0.05) is 27.2 Å². The lowest BCUT2D eigenvalue weighted by atomic mass is 10.2. The summed E-state index contributed by atoms with van der Waals surface area (Å²) in [6, 6.07) is 5.34. The first kappa shape index (κ1) is 13.2. The van der Waals surface area contributed by atoms with Gasteiger partial charge in [-0.2, -0.15) is 0 Å². The van der Waals surface area contributed by atoms with Gasteiger partial charge in [0.25, 0.3) is 0 Å². The van der Waals surface area contributed by atoms with E-state index in [4.69, 9.17) is 23.2 Å². The van der Waals surface area contributed by atoms with Crippen molar-refractivity contribution < 1.29 is 4.79 Å². The Labute approximate surface area is 128 Å². The van der Waals surface area contributed by atoms with Gasteiger partial charge in [-0.05, 0) is 12.1 Å². The maximum atomic E-state index is 12.0. The quantitative estimate of drug-likeness (QED) is 0.826. The van der Waals surface area contributed by atoms with Gasteiger partial charge >= 0.3 is 0 Å². The largest absolute Gasteiger partial charge is 0.273 e. The van der Waals surface area contributed by atoms with Crippen molar-refractivity contribution in [3.8, 4) is 0 Å². The minimum absolute atomic E-state index is 0.0518. The highest BCUT2D eigenvalue weighted by molar-refractivity contribution is 8.00. The fourth-order valence-corrected chi connectivity index (χ4v) is 4.42. The number of hydrogen-bond acceptors (Lipinski definition) is 4. The number of anilines is 1. The van der Waals surface area contributed by atoms with Gasteiger partial charge in [-0.15, -0.1) is 23.1 Å². The van der Waals surface area contributed by atoms with E-state index >= 15 is 0 Å². The summed E-state index contributed by atoms with van der Waals surface area (Å²) in [5, 5.41) is 3.58. The Balaban J connectivity index is 2.01. The Hall–Kier alpha value is -0.750. The third-order valence-corrected chi connectivity index (χ3v) is 5.25. The number of carbonyl (C=O) groups excluding carboxylic acids is 1. The van der Waals surface area contributed by atoms with Crippen molar-refractivity contribution in [3.05, 3.63) is 45.4 Å². The van der Waals surface area contributed by atoms with E-state index in [2.05, 4.69) is 4.98 Å². The molecule has 0 saturated carbocycles. The predicted octanol–water partition coefficient (Wildman–Crippen LogP) is 4.23. The molecule has 3 nitrogen and oxygen atoms in total. The topological polar surface area (TPSA) is 33.2 Å². The molecule has 0 N–H and O–H groups in total. The SMILES string of the molecule is O=C1CSC(c2ccc(Cl)cc2Cl)N1c1nccs1. The molecule has 98 valence electrons. The van der Waals surface area contributed by atoms with E-state index in [9.17, 15) is 4.79 Å². The second-order valence-corrected chi connectivity index (χ2v) is 6.69. The lowest BCUT2D eigenvalue weighted by molar-refractivity contribution is -0.115. The van der Waals surface area contributed by atoms with E-state index in [-0.39, 0.29) is 11.3 Å². The van der Waals surface area contributed by atoms with Gasteiger partial charge in [-0.3, -0.25) is 9.69 Å². The van der Waals surface area contributed by atoms with E-state index < -0.39 is 0 Å². The van der Waals surface area contributed by atoms with Crippen LogP contribution in [-0.2, 0) is 4.79 Å². The standard InChI is InChI=1S/C12H8Cl2N2OS2/c13-7-1-2-8(9(14)5-7)11-16(10(17)6-19-11)12-15-3-4-18-12/h1-5,11H,6H2. The number of benzene rings is 1. The second-order valence-electron chi connectivity index (χ2n) is 3.91. The van der Waals surface area contributed by atoms with E-state index in [0.717, 1.165) is 5.56 Å². The highest BCUT2D eigenvalue weighted by Gasteiger charge is 2.36. The predicted molar refractivity (Wildman–Crippen MR) is 81.3 cm³/mol. The van der Waals surface area contributed by atoms with E-state index in [1.165, 1.54) is 11.3 Å². The molecule has 2 aromatic rings. The van der Waals surface area contributed by atoms with Gasteiger partial charge in [-0.25, -0.2) is 4.98 Å². The summed E-state index contributed by atoms with van der Waals surface area (Å²) in [6.07, 6.45) is 1.69. The van der Waals surface area contributed by atoms with Gasteiger partial charge in [0.05, 0.1) is 5.75 Å². The number of thiazole rings is 1. The van der Waals surface area contributed by atoms with Crippen LogP contribution in [0.1, 0.15) is 10.9 Å². The number of halogens is 2. The minimum atomic E-state index is -0.136. The number of amides is 1. The highest BCUT2D eigenvalue weighted by Crippen LogP contribution is 2.44. The van der Waals surface area contributed by atoms with Crippen LogP contribution >= 0.6 is 46.3 Å². The molecule has 1 aliphatic heterocycles.